The number of carbonyl (C=O) groups excluding carboxylic acids is 1. The van der Waals surface area contributed by atoms with Crippen molar-refractivity contribution in [1.82, 2.24) is 5.32 Å². The lowest BCUT2D eigenvalue weighted by Crippen LogP contribution is -2.33. The predicted octanol–water partition coefficient (Wildman–Crippen LogP) is 2.77. The van der Waals surface area contributed by atoms with Gasteiger partial charge in [-0.1, -0.05) is 26.0 Å². The minimum Gasteiger partial charge on any atom is -0.349 e. The Kier molecular flexibility index (Phi) is 6.74. The number of hydrogen-bond donors (Lipinski definition) is 2. The standard InChI is InChI=1S/C15H24N2O3S2/c1-10(2)21-12(4)15(18)16-11(3)13-7-6-8-14(9-13)17-22(5,19)20/h6-12,17H,1-5H3,(H,16,18)/t11-,12+/m1/s1. The molecule has 5 nitrogen and oxygen atoms in total. The van der Waals surface area contributed by atoms with Crippen LogP contribution in [0.15, 0.2) is 24.3 Å². The molecule has 0 aromatic heterocycles. The van der Waals surface area contributed by atoms with Gasteiger partial charge in [0.25, 0.3) is 0 Å². The van der Waals surface area contributed by atoms with Crippen LogP contribution in [0.1, 0.15) is 39.3 Å². The van der Waals surface area contributed by atoms with Crippen molar-refractivity contribution in [1.29, 1.82) is 0 Å². The summed E-state index contributed by atoms with van der Waals surface area (Å²) in [7, 11) is -3.31. The minimum atomic E-state index is -3.31. The lowest BCUT2D eigenvalue weighted by Gasteiger charge is -2.19. The molecule has 0 radical (unpaired) electrons. The molecule has 7 heteroatoms. The van der Waals surface area contributed by atoms with Crippen LogP contribution in [0.5, 0.6) is 0 Å². The number of nitrogens with one attached hydrogen (secondary N) is 2. The fourth-order valence-electron chi connectivity index (χ4n) is 1.97. The molecule has 2 N–H and O–H groups in total. The SMILES string of the molecule is CC(C)S[C@@H](C)C(=O)N[C@H](C)c1cccc(NS(C)(=O)=O)c1. The molecule has 1 amide bonds. The summed E-state index contributed by atoms with van der Waals surface area (Å²) in [5, 5.41) is 3.22. The van der Waals surface area contributed by atoms with Gasteiger partial charge in [-0.05, 0) is 36.8 Å². The van der Waals surface area contributed by atoms with E-state index >= 15 is 0 Å². The second kappa shape index (κ2) is 7.87. The van der Waals surface area contributed by atoms with Crippen molar-refractivity contribution in [2.24, 2.45) is 0 Å². The van der Waals surface area contributed by atoms with Crippen molar-refractivity contribution in [3.63, 3.8) is 0 Å². The molecule has 2 atom stereocenters. The first-order valence-corrected chi connectivity index (χ1v) is 9.95. The summed E-state index contributed by atoms with van der Waals surface area (Å²) in [5.74, 6) is -0.0207. The highest BCUT2D eigenvalue weighted by molar-refractivity contribution is 8.01. The molecule has 0 aliphatic heterocycles. The first kappa shape index (κ1) is 18.8. The number of thioether (sulfide) groups is 1. The average Bonchev–Trinajstić information content (AvgIpc) is 2.36. The topological polar surface area (TPSA) is 75.3 Å². The fraction of sp³-hybridized carbons (Fsp3) is 0.533. The van der Waals surface area contributed by atoms with Crippen molar-refractivity contribution in [3.05, 3.63) is 29.8 Å². The average molecular weight is 345 g/mol. The summed E-state index contributed by atoms with van der Waals surface area (Å²) in [6.07, 6.45) is 1.11. The zero-order valence-electron chi connectivity index (χ0n) is 13.6. The Morgan fingerprint density at radius 1 is 1.18 bits per heavy atom. The highest BCUT2D eigenvalue weighted by atomic mass is 32.2. The Bertz CT molecular complexity index is 615. The van der Waals surface area contributed by atoms with Crippen LogP contribution in [0.4, 0.5) is 5.69 Å². The first-order valence-electron chi connectivity index (χ1n) is 7.12. The number of sulfonamides is 1. The molecule has 22 heavy (non-hydrogen) atoms. The van der Waals surface area contributed by atoms with E-state index in [1.54, 1.807) is 30.0 Å². The maximum atomic E-state index is 12.1. The van der Waals surface area contributed by atoms with E-state index in [2.05, 4.69) is 23.9 Å². The monoisotopic (exact) mass is 344 g/mol. The van der Waals surface area contributed by atoms with Crippen LogP contribution in [0.25, 0.3) is 0 Å². The van der Waals surface area contributed by atoms with Gasteiger partial charge in [0.2, 0.25) is 15.9 Å². The normalized spacial score (nSPS) is 14.5. The van der Waals surface area contributed by atoms with Gasteiger partial charge in [-0.3, -0.25) is 9.52 Å². The fourth-order valence-corrected chi connectivity index (χ4v) is 3.53. The van der Waals surface area contributed by atoms with E-state index < -0.39 is 10.0 Å². The lowest BCUT2D eigenvalue weighted by atomic mass is 10.1. The number of rotatable bonds is 7. The molecule has 0 heterocycles. The van der Waals surface area contributed by atoms with E-state index in [9.17, 15) is 13.2 Å². The van der Waals surface area contributed by atoms with E-state index in [0.29, 0.717) is 10.9 Å². The number of anilines is 1. The zero-order valence-corrected chi connectivity index (χ0v) is 15.2. The number of hydrogen-bond acceptors (Lipinski definition) is 4. The van der Waals surface area contributed by atoms with Crippen LogP contribution >= 0.6 is 11.8 Å². The molecule has 0 fully saturated rings. The molecule has 0 saturated heterocycles. The third-order valence-corrected chi connectivity index (χ3v) is 4.67. The molecular weight excluding hydrogens is 320 g/mol. The summed E-state index contributed by atoms with van der Waals surface area (Å²) in [5.41, 5.74) is 1.34. The molecule has 0 bridgehead atoms. The Balaban J connectivity index is 2.75. The van der Waals surface area contributed by atoms with Crippen LogP contribution in [0, 0.1) is 0 Å². The van der Waals surface area contributed by atoms with Crippen molar-refractivity contribution < 1.29 is 13.2 Å². The van der Waals surface area contributed by atoms with E-state index in [1.807, 2.05) is 19.9 Å². The zero-order chi connectivity index (χ0) is 16.9. The van der Waals surface area contributed by atoms with Crippen LogP contribution in [-0.2, 0) is 14.8 Å². The second-order valence-corrected chi connectivity index (χ2v) is 9.23. The third-order valence-electron chi connectivity index (χ3n) is 2.89. The molecule has 0 unspecified atom stereocenters. The quantitative estimate of drug-likeness (QED) is 0.797. The highest BCUT2D eigenvalue weighted by Gasteiger charge is 2.18. The van der Waals surface area contributed by atoms with E-state index in [1.165, 1.54) is 0 Å². The van der Waals surface area contributed by atoms with Gasteiger partial charge >= 0.3 is 0 Å². The first-order chi connectivity index (χ1) is 10.1. The molecule has 1 rings (SSSR count). The summed E-state index contributed by atoms with van der Waals surface area (Å²) >= 11 is 1.61. The van der Waals surface area contributed by atoms with Crippen molar-refractivity contribution in [2.45, 2.75) is 44.2 Å². The Morgan fingerprint density at radius 2 is 1.82 bits per heavy atom. The van der Waals surface area contributed by atoms with Crippen LogP contribution in [0.3, 0.4) is 0 Å². The maximum Gasteiger partial charge on any atom is 0.233 e. The Hall–Kier alpha value is -1.21. The second-order valence-electron chi connectivity index (χ2n) is 5.56. The number of benzene rings is 1. The largest absolute Gasteiger partial charge is 0.349 e. The maximum absolute atomic E-state index is 12.1. The molecule has 124 valence electrons. The molecule has 0 aliphatic rings. The van der Waals surface area contributed by atoms with Gasteiger partial charge in [-0.2, -0.15) is 0 Å². The number of amides is 1. The van der Waals surface area contributed by atoms with E-state index in [4.69, 9.17) is 0 Å². The minimum absolute atomic E-state index is 0.0207. The smallest absolute Gasteiger partial charge is 0.233 e. The van der Waals surface area contributed by atoms with Gasteiger partial charge in [0, 0.05) is 5.69 Å². The molecule has 1 aromatic rings. The van der Waals surface area contributed by atoms with Gasteiger partial charge in [-0.25, -0.2) is 8.42 Å². The van der Waals surface area contributed by atoms with Crippen LogP contribution in [-0.4, -0.2) is 31.1 Å². The summed E-state index contributed by atoms with van der Waals surface area (Å²) in [6.45, 7) is 7.87. The van der Waals surface area contributed by atoms with Gasteiger partial charge in [0.15, 0.2) is 0 Å². The van der Waals surface area contributed by atoms with Crippen molar-refractivity contribution >= 4 is 33.4 Å². The molecule has 0 saturated carbocycles. The summed E-state index contributed by atoms with van der Waals surface area (Å²) in [4.78, 5) is 12.1. The Morgan fingerprint density at radius 3 is 2.36 bits per heavy atom. The van der Waals surface area contributed by atoms with Crippen molar-refractivity contribution in [3.8, 4) is 0 Å². The van der Waals surface area contributed by atoms with Crippen LogP contribution in [0.2, 0.25) is 0 Å². The van der Waals surface area contributed by atoms with Crippen LogP contribution < -0.4 is 10.0 Å². The van der Waals surface area contributed by atoms with Gasteiger partial charge in [-0.15, -0.1) is 11.8 Å². The molecule has 1 aromatic carbocycles. The predicted molar refractivity (Wildman–Crippen MR) is 93.7 cm³/mol. The number of carbonyl (C=O) groups is 1. The van der Waals surface area contributed by atoms with Gasteiger partial charge in [0.1, 0.15) is 0 Å². The van der Waals surface area contributed by atoms with Crippen molar-refractivity contribution in [2.75, 3.05) is 11.0 Å². The van der Waals surface area contributed by atoms with Gasteiger partial charge < -0.3 is 5.32 Å². The molecular formula is C15H24N2O3S2. The van der Waals surface area contributed by atoms with E-state index in [-0.39, 0.29) is 17.2 Å². The summed E-state index contributed by atoms with van der Waals surface area (Å²) in [6, 6.07) is 6.84. The lowest BCUT2D eigenvalue weighted by molar-refractivity contribution is -0.120. The molecule has 0 aliphatic carbocycles. The molecule has 0 spiro atoms. The Labute approximate surface area is 137 Å². The third kappa shape index (κ3) is 6.70. The van der Waals surface area contributed by atoms with Gasteiger partial charge in [0.05, 0.1) is 17.5 Å². The summed E-state index contributed by atoms with van der Waals surface area (Å²) < 4.78 is 25.0. The highest BCUT2D eigenvalue weighted by Crippen LogP contribution is 2.21. The van der Waals surface area contributed by atoms with E-state index in [0.717, 1.165) is 11.8 Å².